The molecular formula is C21H34N4O. The summed E-state index contributed by atoms with van der Waals surface area (Å²) in [4.78, 5) is 17.1. The Bertz CT molecular complexity index is 564. The van der Waals surface area contributed by atoms with E-state index in [9.17, 15) is 4.79 Å². The zero-order valence-electron chi connectivity index (χ0n) is 16.3. The van der Waals surface area contributed by atoms with E-state index >= 15 is 0 Å². The molecule has 0 radical (unpaired) electrons. The van der Waals surface area contributed by atoms with E-state index in [-0.39, 0.29) is 6.03 Å². The Labute approximate surface area is 158 Å². The highest BCUT2D eigenvalue weighted by molar-refractivity contribution is 5.73. The Hall–Kier alpha value is -1.75. The molecule has 3 atom stereocenters. The second-order valence-electron chi connectivity index (χ2n) is 8.12. The smallest absolute Gasteiger partial charge is 0.314 e. The number of nitrogens with zero attached hydrogens (tertiary/aromatic N) is 2. The van der Waals surface area contributed by atoms with Gasteiger partial charge in [0.25, 0.3) is 0 Å². The van der Waals surface area contributed by atoms with Gasteiger partial charge in [-0.3, -0.25) is 4.90 Å². The first kappa shape index (κ1) is 19.0. The molecule has 1 aromatic rings. The molecule has 1 aromatic carbocycles. The lowest BCUT2D eigenvalue weighted by Gasteiger charge is -2.35. The minimum absolute atomic E-state index is 0.0277. The normalized spacial score (nSPS) is 25.1. The molecule has 0 bridgehead atoms. The maximum Gasteiger partial charge on any atom is 0.314 e. The maximum absolute atomic E-state index is 12.1. The predicted octanol–water partition coefficient (Wildman–Crippen LogP) is 2.93. The number of carbonyl (C=O) groups is 1. The van der Waals surface area contributed by atoms with Gasteiger partial charge in [0.1, 0.15) is 0 Å². The third-order valence-corrected chi connectivity index (χ3v) is 5.83. The number of urea groups is 1. The molecule has 2 heterocycles. The number of nitrogens with one attached hydrogen (secondary N) is 2. The highest BCUT2D eigenvalue weighted by Gasteiger charge is 2.24. The number of para-hydroxylation sites is 1. The fourth-order valence-corrected chi connectivity index (χ4v) is 4.17. The van der Waals surface area contributed by atoms with Crippen LogP contribution in [0.1, 0.15) is 33.1 Å². The van der Waals surface area contributed by atoms with Crippen LogP contribution in [0.4, 0.5) is 10.5 Å². The monoisotopic (exact) mass is 358 g/mol. The van der Waals surface area contributed by atoms with Crippen molar-refractivity contribution < 1.29 is 4.79 Å². The lowest BCUT2D eigenvalue weighted by atomic mass is 9.99. The van der Waals surface area contributed by atoms with Gasteiger partial charge in [0.05, 0.1) is 0 Å². The molecule has 0 saturated carbocycles. The van der Waals surface area contributed by atoms with E-state index in [1.54, 1.807) is 0 Å². The maximum atomic E-state index is 12.1. The molecule has 2 amide bonds. The number of anilines is 1. The summed E-state index contributed by atoms with van der Waals surface area (Å²) in [6, 6.07) is 10.9. The summed E-state index contributed by atoms with van der Waals surface area (Å²) >= 11 is 0. The summed E-state index contributed by atoms with van der Waals surface area (Å²) in [6.07, 6.45) is 3.74. The summed E-state index contributed by atoms with van der Waals surface area (Å²) in [5.74, 6) is 1.30. The van der Waals surface area contributed by atoms with Crippen LogP contribution < -0.4 is 15.5 Å². The first-order valence-electron chi connectivity index (χ1n) is 10.2. The molecular weight excluding hydrogens is 324 g/mol. The van der Waals surface area contributed by atoms with E-state index in [2.05, 4.69) is 64.6 Å². The molecule has 0 spiro atoms. The van der Waals surface area contributed by atoms with Crippen LogP contribution in [0.5, 0.6) is 0 Å². The number of piperidine rings is 1. The van der Waals surface area contributed by atoms with Crippen molar-refractivity contribution >= 4 is 11.7 Å². The molecule has 0 aromatic heterocycles. The second kappa shape index (κ2) is 9.26. The molecule has 0 unspecified atom stereocenters. The Morgan fingerprint density at radius 3 is 2.73 bits per heavy atom. The average molecular weight is 359 g/mol. The van der Waals surface area contributed by atoms with Crippen molar-refractivity contribution in [3.05, 3.63) is 30.3 Å². The molecule has 144 valence electrons. The van der Waals surface area contributed by atoms with Crippen molar-refractivity contribution in [1.29, 1.82) is 0 Å². The average Bonchev–Trinajstić information content (AvgIpc) is 3.14. The van der Waals surface area contributed by atoms with Gasteiger partial charge >= 0.3 is 6.03 Å². The van der Waals surface area contributed by atoms with Crippen molar-refractivity contribution in [2.75, 3.05) is 44.2 Å². The summed E-state index contributed by atoms with van der Waals surface area (Å²) in [7, 11) is 0. The zero-order valence-corrected chi connectivity index (χ0v) is 16.3. The van der Waals surface area contributed by atoms with Gasteiger partial charge in [0, 0.05) is 44.5 Å². The summed E-state index contributed by atoms with van der Waals surface area (Å²) < 4.78 is 0. The van der Waals surface area contributed by atoms with Crippen LogP contribution in [-0.4, -0.2) is 56.2 Å². The first-order chi connectivity index (χ1) is 12.6. The SMILES string of the molecule is C[C@@H]1CCCN([C@H](C)CNC(=O)NC[C@@H]2CCN(c3ccccc3)C2)C1. The first-order valence-corrected chi connectivity index (χ1v) is 10.2. The molecule has 5 nitrogen and oxygen atoms in total. The molecule has 2 aliphatic rings. The molecule has 0 aliphatic carbocycles. The molecule has 2 fully saturated rings. The van der Waals surface area contributed by atoms with Gasteiger partial charge < -0.3 is 15.5 Å². The standard InChI is InChI=1S/C21H34N4O/c1-17-7-6-11-24(15-17)18(2)13-22-21(26)23-14-19-10-12-25(16-19)20-8-4-3-5-9-20/h3-5,8-9,17-19H,6-7,10-16H2,1-2H3,(H2,22,23,26)/t17-,18-,19+/m1/s1. The van der Waals surface area contributed by atoms with Gasteiger partial charge in [0.15, 0.2) is 0 Å². The third-order valence-electron chi connectivity index (χ3n) is 5.83. The molecule has 26 heavy (non-hydrogen) atoms. The number of rotatable bonds is 6. The summed E-state index contributed by atoms with van der Waals surface area (Å²) in [5, 5.41) is 6.12. The van der Waals surface area contributed by atoms with Crippen molar-refractivity contribution in [1.82, 2.24) is 15.5 Å². The Kier molecular flexibility index (Phi) is 6.78. The molecule has 3 rings (SSSR count). The Morgan fingerprint density at radius 2 is 1.96 bits per heavy atom. The number of benzene rings is 1. The van der Waals surface area contributed by atoms with Gasteiger partial charge in [-0.2, -0.15) is 0 Å². The largest absolute Gasteiger partial charge is 0.371 e. The van der Waals surface area contributed by atoms with E-state index in [0.29, 0.717) is 12.0 Å². The number of hydrogen-bond donors (Lipinski definition) is 2. The van der Waals surface area contributed by atoms with Crippen LogP contribution in [0, 0.1) is 11.8 Å². The van der Waals surface area contributed by atoms with E-state index in [1.165, 1.54) is 18.5 Å². The van der Waals surface area contributed by atoms with Crippen molar-refractivity contribution in [3.8, 4) is 0 Å². The third kappa shape index (κ3) is 5.37. The van der Waals surface area contributed by atoms with E-state index in [4.69, 9.17) is 0 Å². The lowest BCUT2D eigenvalue weighted by molar-refractivity contribution is 0.137. The molecule has 2 saturated heterocycles. The lowest BCUT2D eigenvalue weighted by Crippen LogP contribution is -2.48. The van der Waals surface area contributed by atoms with E-state index in [0.717, 1.165) is 51.6 Å². The van der Waals surface area contributed by atoms with E-state index in [1.807, 2.05) is 0 Å². The summed E-state index contributed by atoms with van der Waals surface area (Å²) in [6.45, 7) is 10.4. The number of carbonyl (C=O) groups excluding carboxylic acids is 1. The van der Waals surface area contributed by atoms with Gasteiger partial charge in [0.2, 0.25) is 0 Å². The van der Waals surface area contributed by atoms with Gasteiger partial charge in [-0.15, -0.1) is 0 Å². The van der Waals surface area contributed by atoms with Crippen LogP contribution in [0.2, 0.25) is 0 Å². The van der Waals surface area contributed by atoms with E-state index < -0.39 is 0 Å². The number of amides is 2. The topological polar surface area (TPSA) is 47.6 Å². The van der Waals surface area contributed by atoms with Gasteiger partial charge in [-0.25, -0.2) is 4.79 Å². The van der Waals surface area contributed by atoms with Crippen LogP contribution >= 0.6 is 0 Å². The molecule has 2 aliphatic heterocycles. The summed E-state index contributed by atoms with van der Waals surface area (Å²) in [5.41, 5.74) is 1.28. The van der Waals surface area contributed by atoms with Crippen LogP contribution in [-0.2, 0) is 0 Å². The molecule has 5 heteroatoms. The van der Waals surface area contributed by atoms with Crippen LogP contribution in [0.3, 0.4) is 0 Å². The van der Waals surface area contributed by atoms with Crippen LogP contribution in [0.25, 0.3) is 0 Å². The Morgan fingerprint density at radius 1 is 1.15 bits per heavy atom. The number of hydrogen-bond acceptors (Lipinski definition) is 3. The highest BCUT2D eigenvalue weighted by atomic mass is 16.2. The number of likely N-dealkylation sites (tertiary alicyclic amines) is 1. The highest BCUT2D eigenvalue weighted by Crippen LogP contribution is 2.23. The van der Waals surface area contributed by atoms with Crippen molar-refractivity contribution in [2.45, 2.75) is 39.2 Å². The fraction of sp³-hybridized carbons (Fsp3) is 0.667. The fourth-order valence-electron chi connectivity index (χ4n) is 4.17. The Balaban J connectivity index is 1.33. The minimum atomic E-state index is -0.0277. The van der Waals surface area contributed by atoms with Crippen LogP contribution in [0.15, 0.2) is 30.3 Å². The van der Waals surface area contributed by atoms with Gasteiger partial charge in [-0.1, -0.05) is 25.1 Å². The van der Waals surface area contributed by atoms with Gasteiger partial charge in [-0.05, 0) is 56.7 Å². The van der Waals surface area contributed by atoms with Crippen molar-refractivity contribution in [2.24, 2.45) is 11.8 Å². The van der Waals surface area contributed by atoms with Crippen molar-refractivity contribution in [3.63, 3.8) is 0 Å². The second-order valence-corrected chi connectivity index (χ2v) is 8.12. The predicted molar refractivity (Wildman–Crippen MR) is 108 cm³/mol. The quantitative estimate of drug-likeness (QED) is 0.822. The zero-order chi connectivity index (χ0) is 18.4. The minimum Gasteiger partial charge on any atom is -0.371 e. The molecule has 2 N–H and O–H groups in total.